The van der Waals surface area contributed by atoms with E-state index in [0.29, 0.717) is 44.1 Å². The number of imide groups is 1. The summed E-state index contributed by atoms with van der Waals surface area (Å²) in [7, 11) is 0. The van der Waals surface area contributed by atoms with E-state index in [0.717, 1.165) is 43.4 Å². The standard InChI is InChI=1S/C32H46N4O4S/c1-31(2,3)16-23-22-11-12-25(37)24(29(22)34-30(23)41-32(4,5)6)20-35-18-21(19-35)17-33-26(38)10-8-7-9-15-36-27(39)13-14-28(36)40/h11-14,21,34,37H,7-10,15-20H2,1-6H3,(H,33,38). The summed E-state index contributed by atoms with van der Waals surface area (Å²) >= 11 is 1.85. The number of phenolic OH excluding ortho intramolecular Hbond substituents is 1. The van der Waals surface area contributed by atoms with Crippen LogP contribution < -0.4 is 5.32 Å². The SMILES string of the molecule is CC(C)(C)Cc1c(SC(C)(C)C)[nH]c2c(CN3CC(CNC(=O)CCCCCN4C(=O)C=CC4=O)C3)c(O)ccc12. The van der Waals surface area contributed by atoms with Crippen LogP contribution in [0, 0.1) is 11.3 Å². The minimum Gasteiger partial charge on any atom is -0.508 e. The van der Waals surface area contributed by atoms with Gasteiger partial charge in [0.1, 0.15) is 5.75 Å². The number of nitrogens with one attached hydrogen (secondary N) is 2. The summed E-state index contributed by atoms with van der Waals surface area (Å²) in [5.74, 6) is 0.253. The monoisotopic (exact) mass is 582 g/mol. The Morgan fingerprint density at radius 3 is 2.34 bits per heavy atom. The molecule has 9 heteroatoms. The van der Waals surface area contributed by atoms with Crippen molar-refractivity contribution in [1.82, 2.24) is 20.1 Å². The topological polar surface area (TPSA) is 106 Å². The first-order chi connectivity index (χ1) is 19.2. The van der Waals surface area contributed by atoms with Gasteiger partial charge in [0.25, 0.3) is 11.8 Å². The molecule has 1 aromatic heterocycles. The molecular weight excluding hydrogens is 536 g/mol. The largest absolute Gasteiger partial charge is 0.508 e. The number of phenols is 1. The molecule has 0 atom stereocenters. The molecule has 3 amide bonds. The van der Waals surface area contributed by atoms with Gasteiger partial charge >= 0.3 is 0 Å². The van der Waals surface area contributed by atoms with E-state index in [1.165, 1.54) is 33.0 Å². The van der Waals surface area contributed by atoms with Crippen LogP contribution in [0.5, 0.6) is 5.75 Å². The Morgan fingerprint density at radius 1 is 1.02 bits per heavy atom. The predicted octanol–water partition coefficient (Wildman–Crippen LogP) is 5.39. The molecule has 41 heavy (non-hydrogen) atoms. The molecule has 224 valence electrons. The third-order valence-corrected chi connectivity index (χ3v) is 8.59. The van der Waals surface area contributed by atoms with Gasteiger partial charge in [-0.3, -0.25) is 24.2 Å². The second-order valence-electron chi connectivity index (χ2n) is 13.7. The van der Waals surface area contributed by atoms with Gasteiger partial charge in [0.15, 0.2) is 0 Å². The molecule has 8 nitrogen and oxygen atoms in total. The van der Waals surface area contributed by atoms with Gasteiger partial charge in [-0.05, 0) is 42.4 Å². The number of nitrogens with zero attached hydrogens (tertiary/aromatic N) is 2. The number of hydrogen-bond acceptors (Lipinski definition) is 6. The van der Waals surface area contributed by atoms with Crippen LogP contribution in [-0.4, -0.2) is 68.5 Å². The third-order valence-electron chi connectivity index (χ3n) is 7.43. The van der Waals surface area contributed by atoms with E-state index in [-0.39, 0.29) is 27.9 Å². The van der Waals surface area contributed by atoms with Crippen molar-refractivity contribution >= 4 is 40.4 Å². The van der Waals surface area contributed by atoms with Crippen LogP contribution in [0.3, 0.4) is 0 Å². The maximum atomic E-state index is 12.3. The highest BCUT2D eigenvalue weighted by molar-refractivity contribution is 8.00. The zero-order valence-electron chi connectivity index (χ0n) is 25.4. The van der Waals surface area contributed by atoms with E-state index in [9.17, 15) is 19.5 Å². The maximum Gasteiger partial charge on any atom is 0.253 e. The average Bonchev–Trinajstić information content (AvgIpc) is 3.32. The number of H-pyrrole nitrogens is 1. The summed E-state index contributed by atoms with van der Waals surface area (Å²) in [6.07, 6.45) is 6.24. The molecular formula is C32H46N4O4S. The normalized spacial score (nSPS) is 16.7. The smallest absolute Gasteiger partial charge is 0.253 e. The van der Waals surface area contributed by atoms with Gasteiger partial charge in [0.2, 0.25) is 5.91 Å². The first-order valence-electron chi connectivity index (χ1n) is 14.8. The van der Waals surface area contributed by atoms with Crippen LogP contribution in [0.2, 0.25) is 0 Å². The number of aromatic amines is 1. The number of aromatic nitrogens is 1. The van der Waals surface area contributed by atoms with Crippen LogP contribution >= 0.6 is 11.8 Å². The number of carbonyl (C=O) groups is 3. The van der Waals surface area contributed by atoms with E-state index in [1.807, 2.05) is 17.8 Å². The van der Waals surface area contributed by atoms with Crippen LogP contribution in [-0.2, 0) is 27.3 Å². The minimum atomic E-state index is -0.253. The number of fused-ring (bicyclic) bond motifs is 1. The number of benzene rings is 1. The fourth-order valence-corrected chi connectivity index (χ4v) is 6.56. The number of amides is 3. The summed E-state index contributed by atoms with van der Waals surface area (Å²) in [5, 5.41) is 16.3. The molecule has 0 unspecified atom stereocenters. The van der Waals surface area contributed by atoms with Crippen molar-refractivity contribution < 1.29 is 19.5 Å². The molecule has 2 aliphatic rings. The number of rotatable bonds is 12. The molecule has 0 aliphatic carbocycles. The first kappa shape index (κ1) is 31.2. The fourth-order valence-electron chi connectivity index (χ4n) is 5.49. The Hall–Kier alpha value is -2.78. The van der Waals surface area contributed by atoms with Crippen LogP contribution in [0.25, 0.3) is 10.9 Å². The van der Waals surface area contributed by atoms with Gasteiger partial charge in [-0.15, -0.1) is 11.8 Å². The van der Waals surface area contributed by atoms with Gasteiger partial charge in [0, 0.05) is 72.9 Å². The lowest BCUT2D eigenvalue weighted by atomic mass is 9.87. The fraction of sp³-hybridized carbons (Fsp3) is 0.594. The minimum absolute atomic E-state index is 0.0440. The maximum absolute atomic E-state index is 12.3. The lowest BCUT2D eigenvalue weighted by Crippen LogP contribution is -2.50. The number of unbranched alkanes of at least 4 members (excludes halogenated alkanes) is 2. The molecule has 0 saturated carbocycles. The Balaban J connectivity index is 1.25. The summed E-state index contributed by atoms with van der Waals surface area (Å²) in [6, 6.07) is 3.88. The molecule has 1 fully saturated rings. The third kappa shape index (κ3) is 8.38. The van der Waals surface area contributed by atoms with Crippen LogP contribution in [0.1, 0.15) is 78.4 Å². The molecule has 0 bridgehead atoms. The number of hydrogen-bond donors (Lipinski definition) is 3. The van der Waals surface area contributed by atoms with Crippen LogP contribution in [0.15, 0.2) is 29.3 Å². The van der Waals surface area contributed by atoms with Crippen molar-refractivity contribution in [3.63, 3.8) is 0 Å². The number of aromatic hydroxyl groups is 1. The summed E-state index contributed by atoms with van der Waals surface area (Å²) < 4.78 is 0.0665. The van der Waals surface area contributed by atoms with E-state index in [2.05, 4.69) is 62.8 Å². The highest BCUT2D eigenvalue weighted by Gasteiger charge is 2.30. The quantitative estimate of drug-likeness (QED) is 0.176. The summed E-state index contributed by atoms with van der Waals surface area (Å²) in [6.45, 7) is 16.9. The van der Waals surface area contributed by atoms with Crippen LogP contribution in [0.4, 0.5) is 0 Å². The van der Waals surface area contributed by atoms with E-state index >= 15 is 0 Å². The van der Waals surface area contributed by atoms with Crippen molar-refractivity contribution in [2.45, 2.75) is 90.0 Å². The van der Waals surface area contributed by atoms with Gasteiger partial charge in [-0.2, -0.15) is 0 Å². The molecule has 3 heterocycles. The Kier molecular flexibility index (Phi) is 9.59. The van der Waals surface area contributed by atoms with Crippen molar-refractivity contribution in [2.24, 2.45) is 11.3 Å². The number of thioether (sulfide) groups is 1. The van der Waals surface area contributed by atoms with Crippen molar-refractivity contribution in [3.8, 4) is 5.75 Å². The van der Waals surface area contributed by atoms with Gasteiger partial charge in [-0.1, -0.05) is 48.0 Å². The highest BCUT2D eigenvalue weighted by atomic mass is 32.2. The highest BCUT2D eigenvalue weighted by Crippen LogP contribution is 2.42. The zero-order valence-corrected chi connectivity index (χ0v) is 26.2. The van der Waals surface area contributed by atoms with Gasteiger partial charge in [0.05, 0.1) is 10.5 Å². The Labute approximate surface area is 248 Å². The summed E-state index contributed by atoms with van der Waals surface area (Å²) in [5.41, 5.74) is 3.44. The number of carbonyl (C=O) groups excluding carboxylic acids is 3. The molecule has 2 aromatic rings. The number of likely N-dealkylation sites (tertiary alicyclic amines) is 1. The zero-order chi connectivity index (χ0) is 29.9. The molecule has 3 N–H and O–H groups in total. The Morgan fingerprint density at radius 2 is 1.71 bits per heavy atom. The molecule has 0 radical (unpaired) electrons. The van der Waals surface area contributed by atoms with E-state index < -0.39 is 0 Å². The van der Waals surface area contributed by atoms with Crippen molar-refractivity contribution in [1.29, 1.82) is 0 Å². The molecule has 2 aliphatic heterocycles. The van der Waals surface area contributed by atoms with Crippen molar-refractivity contribution in [2.75, 3.05) is 26.2 Å². The average molecular weight is 583 g/mol. The van der Waals surface area contributed by atoms with E-state index in [4.69, 9.17) is 0 Å². The lowest BCUT2D eigenvalue weighted by molar-refractivity contribution is -0.137. The second-order valence-corrected chi connectivity index (χ2v) is 15.5. The Bertz CT molecular complexity index is 1290. The van der Waals surface area contributed by atoms with Gasteiger partial charge in [-0.25, -0.2) is 0 Å². The summed E-state index contributed by atoms with van der Waals surface area (Å²) in [4.78, 5) is 42.7. The molecule has 0 spiro atoms. The molecule has 1 saturated heterocycles. The lowest BCUT2D eigenvalue weighted by Gasteiger charge is -2.39. The second kappa shape index (κ2) is 12.6. The predicted molar refractivity (Wildman–Crippen MR) is 165 cm³/mol. The van der Waals surface area contributed by atoms with Gasteiger partial charge < -0.3 is 15.4 Å². The first-order valence-corrected chi connectivity index (χ1v) is 15.6. The van der Waals surface area contributed by atoms with Crippen molar-refractivity contribution in [3.05, 3.63) is 35.4 Å². The van der Waals surface area contributed by atoms with E-state index in [1.54, 1.807) is 0 Å². The molecule has 4 rings (SSSR count). The molecule has 1 aromatic carbocycles.